The molecule has 0 unspecified atom stereocenters. The predicted molar refractivity (Wildman–Crippen MR) is 39.7 cm³/mol. The summed E-state index contributed by atoms with van der Waals surface area (Å²) < 4.78 is 0. The van der Waals surface area contributed by atoms with Crippen molar-refractivity contribution in [3.05, 3.63) is 12.2 Å². The molecule has 1 radical (unpaired) electrons. The van der Waals surface area contributed by atoms with E-state index >= 15 is 0 Å². The molecular weight excluding hydrogens is 371 g/mol. The molecule has 0 heterocycles. The Kier molecular flexibility index (Phi) is 30.2. The Morgan fingerprint density at radius 1 is 1.10 bits per heavy atom. The first-order chi connectivity index (χ1) is 3.56. The summed E-state index contributed by atoms with van der Waals surface area (Å²) in [4.78, 5) is 0. The number of rotatable bonds is 0. The molecule has 0 bridgehead atoms. The predicted octanol–water partition coefficient (Wildman–Crippen LogP) is 2.92. The van der Waals surface area contributed by atoms with Crippen LogP contribution in [0.5, 0.6) is 0 Å². The topological polar surface area (TPSA) is 23.8 Å². The number of hydrogen-bond acceptors (Lipinski definition) is 0. The van der Waals surface area contributed by atoms with Crippen molar-refractivity contribution < 1.29 is 53.8 Å². The van der Waals surface area contributed by atoms with Crippen molar-refractivity contribution in [2.45, 2.75) is 27.7 Å². The molecule has 0 spiro atoms. The zero-order valence-corrected chi connectivity index (χ0v) is 13.3. The van der Waals surface area contributed by atoms with E-state index in [0.717, 1.165) is 0 Å². The maximum Gasteiger partial charge on any atom is 0 e. The normalized spacial score (nSPS) is 7.80. The van der Waals surface area contributed by atoms with E-state index in [0.29, 0.717) is 5.41 Å². The van der Waals surface area contributed by atoms with Crippen molar-refractivity contribution in [1.82, 2.24) is 0 Å². The minimum Gasteiger partial charge on any atom is -0.680 e. The van der Waals surface area contributed by atoms with E-state index in [9.17, 15) is 0 Å². The van der Waals surface area contributed by atoms with Crippen LogP contribution >= 0.6 is 0 Å². The summed E-state index contributed by atoms with van der Waals surface area (Å²) >= 11 is 0. The Labute approximate surface area is 105 Å². The molecule has 0 aromatic heterocycles. The summed E-state index contributed by atoms with van der Waals surface area (Å²) in [7, 11) is 1.25. The van der Waals surface area contributed by atoms with Gasteiger partial charge in [0.15, 0.2) is 0 Å². The molecule has 10 heavy (non-hydrogen) atoms. The average molecular weight is 388 g/mol. The molecule has 0 aromatic rings. The summed E-state index contributed by atoms with van der Waals surface area (Å²) in [5.74, 6) is 0. The van der Waals surface area contributed by atoms with E-state index in [2.05, 4.69) is 34.1 Å². The first-order valence-corrected chi connectivity index (χ1v) is 2.87. The summed E-state index contributed by atoms with van der Waals surface area (Å²) in [6, 6.07) is 0. The fourth-order valence-electron chi connectivity index (χ4n) is 0. The van der Waals surface area contributed by atoms with Crippen LogP contribution in [-0.2, 0) is 53.8 Å². The van der Waals surface area contributed by atoms with Gasteiger partial charge < -0.3 is 12.2 Å². The van der Waals surface area contributed by atoms with Gasteiger partial charge in [0, 0.05) is 53.8 Å². The largest absolute Gasteiger partial charge is 0.680 e. The second-order valence-electron chi connectivity index (χ2n) is 2.65. The molecule has 0 saturated heterocycles. The molecule has 61 valence electrons. The molecular formula is C7H17NWY-2. The summed E-state index contributed by atoms with van der Waals surface area (Å²) in [6.45, 7) is 8.65. The fourth-order valence-corrected chi connectivity index (χ4v) is 0. The Balaban J connectivity index is -0.0000000412. The Hall–Kier alpha value is 1.75. The first-order valence-electron chi connectivity index (χ1n) is 2.87. The van der Waals surface area contributed by atoms with Crippen molar-refractivity contribution in [3.63, 3.8) is 0 Å². The van der Waals surface area contributed by atoms with E-state index in [1.807, 2.05) is 0 Å². The third-order valence-electron chi connectivity index (χ3n) is 0.866. The SMILES string of the molecule is C[CH-]C(C)(C)C.C[NH-].[W].[Y]. The second kappa shape index (κ2) is 13.3. The molecule has 0 aliphatic carbocycles. The molecule has 0 saturated carbocycles. The fraction of sp³-hybridized carbons (Fsp3) is 0.857. The van der Waals surface area contributed by atoms with Gasteiger partial charge in [-0.3, -0.25) is 0 Å². The summed E-state index contributed by atoms with van der Waals surface area (Å²) in [6.07, 6.45) is 2.19. The van der Waals surface area contributed by atoms with Gasteiger partial charge in [0.25, 0.3) is 0 Å². The molecule has 0 atom stereocenters. The second-order valence-corrected chi connectivity index (χ2v) is 2.65. The third kappa shape index (κ3) is 33.1. The van der Waals surface area contributed by atoms with Gasteiger partial charge in [-0.05, 0) is 0 Å². The molecule has 1 N–H and O–H groups in total. The van der Waals surface area contributed by atoms with Crippen molar-refractivity contribution in [3.8, 4) is 0 Å². The van der Waals surface area contributed by atoms with Crippen LogP contribution < -0.4 is 0 Å². The maximum absolute atomic E-state index is 5.75. The van der Waals surface area contributed by atoms with Crippen LogP contribution in [0.15, 0.2) is 0 Å². The molecule has 1 nitrogen and oxygen atoms in total. The van der Waals surface area contributed by atoms with Gasteiger partial charge in [-0.25, -0.2) is 0 Å². The van der Waals surface area contributed by atoms with Gasteiger partial charge >= 0.3 is 0 Å². The average Bonchev–Trinajstić information content (AvgIpc) is 1.71. The van der Waals surface area contributed by atoms with Gasteiger partial charge in [0.05, 0.1) is 0 Å². The van der Waals surface area contributed by atoms with Crippen LogP contribution in [-0.4, -0.2) is 7.05 Å². The van der Waals surface area contributed by atoms with E-state index in [4.69, 9.17) is 5.73 Å². The Morgan fingerprint density at radius 2 is 1.20 bits per heavy atom. The molecule has 0 aromatic carbocycles. The first kappa shape index (κ1) is 22.6. The molecule has 0 amide bonds. The van der Waals surface area contributed by atoms with Crippen molar-refractivity contribution in [2.75, 3.05) is 7.05 Å². The minimum atomic E-state index is 0. The van der Waals surface area contributed by atoms with Crippen LogP contribution in [0.4, 0.5) is 0 Å². The van der Waals surface area contributed by atoms with E-state index in [-0.39, 0.29) is 53.8 Å². The summed E-state index contributed by atoms with van der Waals surface area (Å²) in [5, 5.41) is 0. The van der Waals surface area contributed by atoms with Crippen LogP contribution in [0, 0.1) is 11.8 Å². The molecule has 3 heteroatoms. The smallest absolute Gasteiger partial charge is 0 e. The molecule has 0 aliphatic rings. The van der Waals surface area contributed by atoms with Crippen molar-refractivity contribution >= 4 is 0 Å². The van der Waals surface area contributed by atoms with Crippen LogP contribution in [0.3, 0.4) is 0 Å². The number of nitrogens with one attached hydrogen (secondary N) is 1. The van der Waals surface area contributed by atoms with E-state index in [1.165, 1.54) is 7.05 Å². The summed E-state index contributed by atoms with van der Waals surface area (Å²) in [5.41, 5.74) is 6.17. The van der Waals surface area contributed by atoms with Crippen LogP contribution in [0.1, 0.15) is 27.7 Å². The van der Waals surface area contributed by atoms with Gasteiger partial charge in [0.1, 0.15) is 0 Å². The van der Waals surface area contributed by atoms with Gasteiger partial charge in [-0.2, -0.15) is 19.4 Å². The number of hydrogen-bond donors (Lipinski definition) is 0. The maximum atomic E-state index is 5.75. The Bertz CT molecular complexity index is 43.4. The molecule has 0 rings (SSSR count). The van der Waals surface area contributed by atoms with Gasteiger partial charge in [-0.15, -0.1) is 0 Å². The quantitative estimate of drug-likeness (QED) is 0.571. The van der Waals surface area contributed by atoms with Crippen LogP contribution in [0.25, 0.3) is 5.73 Å². The van der Waals surface area contributed by atoms with Crippen molar-refractivity contribution in [2.24, 2.45) is 5.41 Å². The van der Waals surface area contributed by atoms with Gasteiger partial charge in [-0.1, -0.05) is 20.8 Å². The zero-order chi connectivity index (χ0) is 7.21. The standard InChI is InChI=1S/C6H13.CH4N.W.Y/c1-5-6(2,3)4;1-2;;/h5H,1-4H3;2H,1H3;;/q2*-1;;. The molecule has 0 aliphatic heterocycles. The monoisotopic (exact) mass is 388 g/mol. The minimum absolute atomic E-state index is 0. The third-order valence-corrected chi connectivity index (χ3v) is 0.866. The zero-order valence-electron chi connectivity index (χ0n) is 7.56. The van der Waals surface area contributed by atoms with Gasteiger partial charge in [0.2, 0.25) is 0 Å². The molecule has 0 fully saturated rings. The van der Waals surface area contributed by atoms with E-state index in [1.54, 1.807) is 0 Å². The van der Waals surface area contributed by atoms with Crippen LogP contribution in [0.2, 0.25) is 0 Å². The van der Waals surface area contributed by atoms with Crippen molar-refractivity contribution in [1.29, 1.82) is 0 Å². The van der Waals surface area contributed by atoms with E-state index < -0.39 is 0 Å². The Morgan fingerprint density at radius 3 is 1.20 bits per heavy atom.